The lowest BCUT2D eigenvalue weighted by atomic mass is 9.69. The van der Waals surface area contributed by atoms with Gasteiger partial charge < -0.3 is 9.73 Å². The van der Waals surface area contributed by atoms with E-state index in [2.05, 4.69) is 36.3 Å². The molecule has 1 atom stereocenters. The molecule has 4 heteroatoms. The quantitative estimate of drug-likeness (QED) is 0.773. The van der Waals surface area contributed by atoms with Gasteiger partial charge in [-0.3, -0.25) is 0 Å². The molecule has 1 aromatic rings. The molecule has 1 aliphatic rings. The molecule has 1 unspecified atom stereocenters. The summed E-state index contributed by atoms with van der Waals surface area (Å²) in [6.07, 6.45) is 8.19. The molecule has 0 spiro atoms. The van der Waals surface area contributed by atoms with Crippen LogP contribution in [0.1, 0.15) is 77.0 Å². The molecule has 0 saturated heterocycles. The van der Waals surface area contributed by atoms with Crippen LogP contribution >= 0.6 is 0 Å². The number of aromatic nitrogens is 2. The molecule has 2 rings (SSSR count). The summed E-state index contributed by atoms with van der Waals surface area (Å²) < 4.78 is 5.92. The van der Waals surface area contributed by atoms with Crippen LogP contribution in [0.25, 0.3) is 0 Å². The van der Waals surface area contributed by atoms with Crippen molar-refractivity contribution in [1.29, 1.82) is 0 Å². The van der Waals surface area contributed by atoms with Crippen molar-refractivity contribution in [2.75, 3.05) is 13.1 Å². The van der Waals surface area contributed by atoms with Crippen molar-refractivity contribution in [2.45, 2.75) is 71.6 Å². The smallest absolute Gasteiger partial charge is 0.220 e. The first-order chi connectivity index (χ1) is 9.63. The van der Waals surface area contributed by atoms with Gasteiger partial charge in [0.25, 0.3) is 0 Å². The Balaban J connectivity index is 1.85. The van der Waals surface area contributed by atoms with Crippen LogP contribution in [0.4, 0.5) is 0 Å². The molecule has 1 fully saturated rings. The largest absolute Gasteiger partial charge is 0.425 e. The molecule has 0 aromatic carbocycles. The van der Waals surface area contributed by atoms with Gasteiger partial charge >= 0.3 is 0 Å². The Morgan fingerprint density at radius 1 is 1.25 bits per heavy atom. The van der Waals surface area contributed by atoms with E-state index in [-0.39, 0.29) is 0 Å². The minimum Gasteiger partial charge on any atom is -0.425 e. The fraction of sp³-hybridized carbons (Fsp3) is 0.875. The number of nitrogens with zero attached hydrogens (tertiary/aromatic N) is 2. The Hall–Kier alpha value is -0.900. The molecule has 1 N–H and O–H groups in total. The van der Waals surface area contributed by atoms with Crippen LogP contribution < -0.4 is 5.32 Å². The van der Waals surface area contributed by atoms with E-state index in [0.717, 1.165) is 37.7 Å². The topological polar surface area (TPSA) is 51.0 Å². The maximum atomic E-state index is 5.92. The van der Waals surface area contributed by atoms with Crippen LogP contribution in [-0.2, 0) is 6.42 Å². The second-order valence-electron chi connectivity index (χ2n) is 6.67. The summed E-state index contributed by atoms with van der Waals surface area (Å²) in [6, 6.07) is 0. The second-order valence-corrected chi connectivity index (χ2v) is 6.67. The van der Waals surface area contributed by atoms with E-state index in [1.54, 1.807) is 0 Å². The average Bonchev–Trinajstić information content (AvgIpc) is 2.86. The van der Waals surface area contributed by atoms with Crippen LogP contribution in [0.2, 0.25) is 0 Å². The van der Waals surface area contributed by atoms with Gasteiger partial charge in [0.05, 0.1) is 0 Å². The molecule has 4 nitrogen and oxygen atoms in total. The van der Waals surface area contributed by atoms with E-state index in [0.29, 0.717) is 11.3 Å². The lowest BCUT2D eigenvalue weighted by Crippen LogP contribution is -2.26. The van der Waals surface area contributed by atoms with E-state index in [1.165, 1.54) is 32.1 Å². The van der Waals surface area contributed by atoms with Crippen molar-refractivity contribution >= 4 is 0 Å². The van der Waals surface area contributed by atoms with Gasteiger partial charge in [-0.1, -0.05) is 33.6 Å². The zero-order valence-corrected chi connectivity index (χ0v) is 13.2. The van der Waals surface area contributed by atoms with Gasteiger partial charge in [0.15, 0.2) is 0 Å². The number of nitrogens with one attached hydrogen (secondary N) is 1. The molecule has 1 heterocycles. The van der Waals surface area contributed by atoms with Crippen LogP contribution in [0.5, 0.6) is 0 Å². The minimum absolute atomic E-state index is 0.296. The number of rotatable bonds is 7. The van der Waals surface area contributed by atoms with Crippen molar-refractivity contribution in [3.05, 3.63) is 11.8 Å². The standard InChI is InChI=1S/C16H29N3O/c1-4-11-17-12-7-9-14-18-19-15(20-14)13-8-5-6-10-16(13,2)3/h13,17H,4-12H2,1-3H3. The fourth-order valence-corrected chi connectivity index (χ4v) is 3.13. The molecule has 0 radical (unpaired) electrons. The third kappa shape index (κ3) is 4.05. The number of aryl methyl sites for hydroxylation is 1. The summed E-state index contributed by atoms with van der Waals surface area (Å²) in [5, 5.41) is 11.9. The zero-order chi connectivity index (χ0) is 14.4. The van der Waals surface area contributed by atoms with E-state index < -0.39 is 0 Å². The first-order valence-corrected chi connectivity index (χ1v) is 8.16. The van der Waals surface area contributed by atoms with Crippen molar-refractivity contribution < 1.29 is 4.42 Å². The molecule has 0 aliphatic heterocycles. The van der Waals surface area contributed by atoms with E-state index >= 15 is 0 Å². The van der Waals surface area contributed by atoms with E-state index in [1.807, 2.05) is 0 Å². The van der Waals surface area contributed by atoms with Crippen LogP contribution in [0.15, 0.2) is 4.42 Å². The lowest BCUT2D eigenvalue weighted by molar-refractivity contribution is 0.171. The molecular formula is C16H29N3O. The van der Waals surface area contributed by atoms with Crippen molar-refractivity contribution in [1.82, 2.24) is 15.5 Å². The monoisotopic (exact) mass is 279 g/mol. The second kappa shape index (κ2) is 7.21. The van der Waals surface area contributed by atoms with Crippen LogP contribution in [0, 0.1) is 5.41 Å². The number of hydrogen-bond donors (Lipinski definition) is 1. The molecule has 114 valence electrons. The highest BCUT2D eigenvalue weighted by Gasteiger charge is 2.36. The highest BCUT2D eigenvalue weighted by molar-refractivity contribution is 5.01. The fourth-order valence-electron chi connectivity index (χ4n) is 3.13. The maximum absolute atomic E-state index is 5.92. The molecule has 0 bridgehead atoms. The normalized spacial score (nSPS) is 22.1. The molecule has 1 aromatic heterocycles. The summed E-state index contributed by atoms with van der Waals surface area (Å²) in [6.45, 7) is 8.96. The van der Waals surface area contributed by atoms with E-state index in [4.69, 9.17) is 4.42 Å². The molecule has 20 heavy (non-hydrogen) atoms. The van der Waals surface area contributed by atoms with Gasteiger partial charge in [-0.05, 0) is 44.2 Å². The van der Waals surface area contributed by atoms with Gasteiger partial charge in [0, 0.05) is 12.3 Å². The molecule has 1 saturated carbocycles. The van der Waals surface area contributed by atoms with Gasteiger partial charge in [-0.2, -0.15) is 0 Å². The summed E-state index contributed by atoms with van der Waals surface area (Å²) in [5.41, 5.74) is 0.296. The Morgan fingerprint density at radius 2 is 2.10 bits per heavy atom. The summed E-state index contributed by atoms with van der Waals surface area (Å²) in [7, 11) is 0. The Morgan fingerprint density at radius 3 is 2.85 bits per heavy atom. The van der Waals surface area contributed by atoms with Crippen LogP contribution in [0.3, 0.4) is 0 Å². The Bertz CT molecular complexity index is 400. The average molecular weight is 279 g/mol. The molecule has 0 amide bonds. The van der Waals surface area contributed by atoms with Gasteiger partial charge in [0.2, 0.25) is 11.8 Å². The summed E-state index contributed by atoms with van der Waals surface area (Å²) in [5.74, 6) is 2.11. The molecular weight excluding hydrogens is 250 g/mol. The van der Waals surface area contributed by atoms with E-state index in [9.17, 15) is 0 Å². The third-order valence-electron chi connectivity index (χ3n) is 4.46. The molecule has 1 aliphatic carbocycles. The zero-order valence-electron chi connectivity index (χ0n) is 13.2. The summed E-state index contributed by atoms with van der Waals surface area (Å²) in [4.78, 5) is 0. The highest BCUT2D eigenvalue weighted by atomic mass is 16.4. The van der Waals surface area contributed by atoms with Gasteiger partial charge in [0.1, 0.15) is 0 Å². The Kier molecular flexibility index (Phi) is 5.58. The third-order valence-corrected chi connectivity index (χ3v) is 4.46. The van der Waals surface area contributed by atoms with Crippen LogP contribution in [-0.4, -0.2) is 23.3 Å². The lowest BCUT2D eigenvalue weighted by Gasteiger charge is -2.36. The predicted octanol–water partition coefficient (Wildman–Crippen LogP) is 3.69. The minimum atomic E-state index is 0.296. The predicted molar refractivity (Wildman–Crippen MR) is 80.8 cm³/mol. The highest BCUT2D eigenvalue weighted by Crippen LogP contribution is 2.46. The maximum Gasteiger partial charge on any atom is 0.220 e. The first kappa shape index (κ1) is 15.5. The van der Waals surface area contributed by atoms with Gasteiger partial charge in [-0.15, -0.1) is 10.2 Å². The first-order valence-electron chi connectivity index (χ1n) is 8.16. The summed E-state index contributed by atoms with van der Waals surface area (Å²) >= 11 is 0. The Labute approximate surface area is 122 Å². The SMILES string of the molecule is CCCNCCCc1nnc(C2CCCCC2(C)C)o1. The van der Waals surface area contributed by atoms with Gasteiger partial charge in [-0.25, -0.2) is 0 Å². The van der Waals surface area contributed by atoms with Crippen molar-refractivity contribution in [3.8, 4) is 0 Å². The number of hydrogen-bond acceptors (Lipinski definition) is 4. The van der Waals surface area contributed by atoms with Crippen molar-refractivity contribution in [2.24, 2.45) is 5.41 Å². The van der Waals surface area contributed by atoms with Crippen molar-refractivity contribution in [3.63, 3.8) is 0 Å².